The zero-order valence-electron chi connectivity index (χ0n) is 27.5. The van der Waals surface area contributed by atoms with E-state index in [2.05, 4.69) is 119 Å². The molecule has 0 spiro atoms. The molecule has 0 amide bonds. The van der Waals surface area contributed by atoms with E-state index in [1.807, 2.05) is 6.92 Å². The van der Waals surface area contributed by atoms with Gasteiger partial charge in [0.25, 0.3) is 0 Å². The van der Waals surface area contributed by atoms with Gasteiger partial charge >= 0.3 is 37.4 Å². The third-order valence-corrected chi connectivity index (χ3v) is 7.68. The summed E-state index contributed by atoms with van der Waals surface area (Å²) in [6, 6.07) is 12.7. The fraction of sp³-hybridized carbons (Fsp3) is 0.625. The van der Waals surface area contributed by atoms with Crippen molar-refractivity contribution in [2.75, 3.05) is 0 Å². The van der Waals surface area contributed by atoms with Gasteiger partial charge in [-0.15, -0.1) is 0 Å². The first-order chi connectivity index (χ1) is 16.4. The number of hydrogen-bond donors (Lipinski definition) is 2. The van der Waals surface area contributed by atoms with Crippen LogP contribution in [-0.2, 0) is 36.3 Å². The zero-order valence-corrected chi connectivity index (χ0v) is 29.4. The SMILES string of the molecule is CCCC(OP(=O)(O)O)(c1ccc(C(C)(C)C)cc1C(C)(C)C)c1ccc(C(C)(C)C)cc1C(C)(C)C.[H-].[Na+]. The fourth-order valence-electron chi connectivity index (χ4n) is 5.08. The van der Waals surface area contributed by atoms with Crippen LogP contribution in [0.5, 0.6) is 0 Å². The van der Waals surface area contributed by atoms with E-state index in [9.17, 15) is 14.4 Å². The number of phosphoric ester groups is 1. The Morgan fingerprint density at radius 2 is 1.00 bits per heavy atom. The molecule has 0 bridgehead atoms. The Kier molecular flexibility index (Phi) is 11.1. The van der Waals surface area contributed by atoms with Gasteiger partial charge in [-0.25, -0.2) is 4.57 Å². The third-order valence-electron chi connectivity index (χ3n) is 7.13. The van der Waals surface area contributed by atoms with Gasteiger partial charge in [0.2, 0.25) is 0 Å². The largest absolute Gasteiger partial charge is 1.00 e. The van der Waals surface area contributed by atoms with Crippen LogP contribution in [0.1, 0.15) is 138 Å². The minimum Gasteiger partial charge on any atom is -1.00 e. The minimum atomic E-state index is -4.88. The molecule has 2 rings (SSSR count). The van der Waals surface area contributed by atoms with Gasteiger partial charge in [-0.2, -0.15) is 0 Å². The number of benzene rings is 2. The molecule has 2 aromatic rings. The topological polar surface area (TPSA) is 66.8 Å². The first-order valence-corrected chi connectivity index (χ1v) is 15.0. The molecule has 38 heavy (non-hydrogen) atoms. The van der Waals surface area contributed by atoms with Gasteiger partial charge in [0.15, 0.2) is 0 Å². The maximum atomic E-state index is 12.7. The van der Waals surface area contributed by atoms with Gasteiger partial charge < -0.3 is 11.2 Å². The first kappa shape index (κ1) is 35.6. The molecular formula is C32H52NaO4P. The Bertz CT molecular complexity index is 1080. The van der Waals surface area contributed by atoms with Crippen molar-refractivity contribution in [1.82, 2.24) is 0 Å². The van der Waals surface area contributed by atoms with Crippen molar-refractivity contribution in [1.29, 1.82) is 0 Å². The summed E-state index contributed by atoms with van der Waals surface area (Å²) in [5.74, 6) is 0. The molecule has 0 radical (unpaired) electrons. The van der Waals surface area contributed by atoms with Crippen LogP contribution in [0, 0.1) is 0 Å². The molecule has 6 heteroatoms. The van der Waals surface area contributed by atoms with Crippen LogP contribution in [0.15, 0.2) is 36.4 Å². The van der Waals surface area contributed by atoms with E-state index in [0.29, 0.717) is 12.8 Å². The molecule has 0 atom stereocenters. The summed E-state index contributed by atoms with van der Waals surface area (Å²) in [4.78, 5) is 20.7. The summed E-state index contributed by atoms with van der Waals surface area (Å²) in [7, 11) is -4.88. The molecular weight excluding hydrogens is 502 g/mol. The molecule has 2 aromatic carbocycles. The van der Waals surface area contributed by atoms with Crippen molar-refractivity contribution >= 4 is 7.82 Å². The number of hydrogen-bond acceptors (Lipinski definition) is 2. The molecule has 0 saturated heterocycles. The van der Waals surface area contributed by atoms with Gasteiger partial charge in [0, 0.05) is 0 Å². The summed E-state index contributed by atoms with van der Waals surface area (Å²) in [6.07, 6.45) is 1.13. The van der Waals surface area contributed by atoms with Gasteiger partial charge in [-0.1, -0.05) is 133 Å². The summed E-state index contributed by atoms with van der Waals surface area (Å²) in [5.41, 5.74) is 4.10. The van der Waals surface area contributed by atoms with E-state index >= 15 is 0 Å². The Morgan fingerprint density at radius 3 is 1.24 bits per heavy atom. The van der Waals surface area contributed by atoms with Gasteiger partial charge in [0.05, 0.1) is 0 Å². The average Bonchev–Trinajstić information content (AvgIpc) is 2.69. The molecule has 0 saturated carbocycles. The van der Waals surface area contributed by atoms with Crippen LogP contribution in [0.3, 0.4) is 0 Å². The van der Waals surface area contributed by atoms with Gasteiger partial charge in [-0.05, 0) is 61.5 Å². The van der Waals surface area contributed by atoms with Gasteiger partial charge in [-0.3, -0.25) is 4.52 Å². The van der Waals surface area contributed by atoms with Crippen LogP contribution in [0.25, 0.3) is 0 Å². The monoisotopic (exact) mass is 554 g/mol. The molecule has 0 aliphatic carbocycles. The van der Waals surface area contributed by atoms with Crippen LogP contribution >= 0.6 is 7.82 Å². The second-order valence-electron chi connectivity index (χ2n) is 14.7. The van der Waals surface area contributed by atoms with E-state index in [4.69, 9.17) is 4.52 Å². The fourth-order valence-corrected chi connectivity index (χ4v) is 5.77. The molecule has 0 unspecified atom stereocenters. The molecule has 0 aliphatic rings. The van der Waals surface area contributed by atoms with Crippen LogP contribution in [0.4, 0.5) is 0 Å². The summed E-state index contributed by atoms with van der Waals surface area (Å²) in [6.45, 7) is 28.1. The Balaban J connectivity index is 0.00000722. The zero-order chi connectivity index (χ0) is 28.8. The van der Waals surface area contributed by atoms with E-state index in [1.54, 1.807) is 0 Å². The molecule has 4 nitrogen and oxygen atoms in total. The predicted octanol–water partition coefficient (Wildman–Crippen LogP) is 6.15. The Labute approximate surface area is 256 Å². The second kappa shape index (κ2) is 11.8. The summed E-state index contributed by atoms with van der Waals surface area (Å²) >= 11 is 0. The van der Waals surface area contributed by atoms with Crippen molar-refractivity contribution in [3.63, 3.8) is 0 Å². The maximum Gasteiger partial charge on any atom is 1.00 e. The van der Waals surface area contributed by atoms with E-state index in [1.165, 1.54) is 11.1 Å². The standard InChI is InChI=1S/C32H51O4P.Na.H/c1-14-19-32(36-37(33,34)35,24-17-15-22(28(2,3)4)20-26(24)30(8,9)10)25-18-16-23(29(5,6)7)21-27(25)31(11,12)13;;/h15-18,20-21H,14,19H2,1-13H3,(H2,33,34,35);;/q;+1;-1. The van der Waals surface area contributed by atoms with Crippen LogP contribution < -0.4 is 29.6 Å². The normalized spacial score (nSPS) is 13.9. The Hall–Kier alpha value is -0.450. The molecule has 0 aliphatic heterocycles. The van der Waals surface area contributed by atoms with Crippen molar-refractivity contribution in [2.24, 2.45) is 0 Å². The van der Waals surface area contributed by atoms with Crippen molar-refractivity contribution < 1.29 is 49.9 Å². The molecule has 0 aromatic heterocycles. The molecule has 0 heterocycles. The van der Waals surface area contributed by atoms with Crippen molar-refractivity contribution in [2.45, 2.75) is 130 Å². The molecule has 0 fully saturated rings. The van der Waals surface area contributed by atoms with Crippen molar-refractivity contribution in [3.8, 4) is 0 Å². The number of rotatable bonds is 6. The van der Waals surface area contributed by atoms with Gasteiger partial charge in [0.1, 0.15) is 5.60 Å². The van der Waals surface area contributed by atoms with Crippen LogP contribution in [0.2, 0.25) is 0 Å². The first-order valence-electron chi connectivity index (χ1n) is 13.5. The van der Waals surface area contributed by atoms with E-state index in [0.717, 1.165) is 22.3 Å². The predicted molar refractivity (Wildman–Crippen MR) is 158 cm³/mol. The quantitative estimate of drug-likeness (QED) is 0.332. The maximum absolute atomic E-state index is 12.7. The molecule has 210 valence electrons. The summed E-state index contributed by atoms with van der Waals surface area (Å²) in [5, 5.41) is 0. The Morgan fingerprint density at radius 1 is 0.658 bits per heavy atom. The van der Waals surface area contributed by atoms with E-state index in [-0.39, 0.29) is 52.6 Å². The minimum absolute atomic E-state index is 0. The van der Waals surface area contributed by atoms with Crippen LogP contribution in [-0.4, -0.2) is 9.79 Å². The average molecular weight is 555 g/mol. The smallest absolute Gasteiger partial charge is 1.00 e. The third kappa shape index (κ3) is 8.29. The van der Waals surface area contributed by atoms with Crippen molar-refractivity contribution in [3.05, 3.63) is 69.8 Å². The van der Waals surface area contributed by atoms with E-state index < -0.39 is 13.4 Å². The summed E-state index contributed by atoms with van der Waals surface area (Å²) < 4.78 is 18.7. The number of phosphoric acid groups is 1. The second-order valence-corrected chi connectivity index (χ2v) is 15.8. The molecule has 2 N–H and O–H groups in total.